The Morgan fingerprint density at radius 1 is 1.45 bits per heavy atom. The second-order valence-electron chi connectivity index (χ2n) is 3.81. The second-order valence-corrected chi connectivity index (χ2v) is 3.81. The molecule has 1 aliphatic carbocycles. The van der Waals surface area contributed by atoms with E-state index in [1.165, 1.54) is 19.3 Å². The molecule has 1 aliphatic heterocycles. The van der Waals surface area contributed by atoms with Gasteiger partial charge in [0.05, 0.1) is 0 Å². The van der Waals surface area contributed by atoms with Crippen molar-refractivity contribution in [2.45, 2.75) is 32.2 Å². The van der Waals surface area contributed by atoms with Crippen LogP contribution in [0.3, 0.4) is 0 Å². The van der Waals surface area contributed by atoms with Gasteiger partial charge in [-0.2, -0.15) is 0 Å². The molecular formula is C10H17N. The zero-order valence-corrected chi connectivity index (χ0v) is 7.22. The van der Waals surface area contributed by atoms with Gasteiger partial charge < -0.3 is 5.32 Å². The van der Waals surface area contributed by atoms with Crippen molar-refractivity contribution in [3.63, 3.8) is 0 Å². The minimum atomic E-state index is 0.843. The van der Waals surface area contributed by atoms with E-state index in [2.05, 4.69) is 24.4 Å². The lowest BCUT2D eigenvalue weighted by atomic mass is 9.67. The molecular weight excluding hydrogens is 134 g/mol. The van der Waals surface area contributed by atoms with Crippen molar-refractivity contribution in [1.29, 1.82) is 0 Å². The van der Waals surface area contributed by atoms with Gasteiger partial charge in [-0.1, -0.05) is 25.5 Å². The molecule has 0 bridgehead atoms. The van der Waals surface area contributed by atoms with Gasteiger partial charge in [-0.25, -0.2) is 0 Å². The third-order valence-corrected chi connectivity index (χ3v) is 3.22. The molecule has 0 spiro atoms. The summed E-state index contributed by atoms with van der Waals surface area (Å²) in [5.74, 6) is 1.93. The topological polar surface area (TPSA) is 12.0 Å². The summed E-state index contributed by atoms with van der Waals surface area (Å²) in [6.07, 6.45) is 8.73. The Morgan fingerprint density at radius 2 is 2.36 bits per heavy atom. The molecule has 1 saturated carbocycles. The van der Waals surface area contributed by atoms with Crippen LogP contribution < -0.4 is 5.32 Å². The molecule has 0 aromatic rings. The number of nitrogens with one attached hydrogen (secondary N) is 1. The van der Waals surface area contributed by atoms with Crippen LogP contribution in [0.5, 0.6) is 0 Å². The van der Waals surface area contributed by atoms with E-state index in [-0.39, 0.29) is 0 Å². The van der Waals surface area contributed by atoms with Crippen LogP contribution in [0.15, 0.2) is 12.2 Å². The minimum absolute atomic E-state index is 0.843. The lowest BCUT2D eigenvalue weighted by Crippen LogP contribution is -2.50. The molecule has 1 fully saturated rings. The SMILES string of the molecule is CCC1CC2CC=CCN[C@H]12. The molecule has 2 aliphatic rings. The maximum absolute atomic E-state index is 3.60. The summed E-state index contributed by atoms with van der Waals surface area (Å²) in [4.78, 5) is 0. The molecule has 2 rings (SSSR count). The monoisotopic (exact) mass is 151 g/mol. The molecule has 1 N–H and O–H groups in total. The summed E-state index contributed by atoms with van der Waals surface area (Å²) in [7, 11) is 0. The van der Waals surface area contributed by atoms with Crippen molar-refractivity contribution in [2.24, 2.45) is 11.8 Å². The molecule has 2 unspecified atom stereocenters. The van der Waals surface area contributed by atoms with Crippen LogP contribution in [-0.2, 0) is 0 Å². The molecule has 0 amide bonds. The summed E-state index contributed by atoms with van der Waals surface area (Å²) < 4.78 is 0. The fourth-order valence-corrected chi connectivity index (χ4v) is 2.43. The predicted molar refractivity (Wildman–Crippen MR) is 47.4 cm³/mol. The maximum atomic E-state index is 3.60. The first kappa shape index (κ1) is 7.35. The number of fused-ring (bicyclic) bond motifs is 1. The zero-order chi connectivity index (χ0) is 7.68. The number of hydrogen-bond acceptors (Lipinski definition) is 1. The van der Waals surface area contributed by atoms with Gasteiger partial charge in [0.15, 0.2) is 0 Å². The standard InChI is InChI=1S/C10H17N/c1-2-8-7-9-5-3-4-6-11-10(8)9/h3-4,8-11H,2,5-7H2,1H3/t8?,9?,10-/m1/s1. The van der Waals surface area contributed by atoms with Gasteiger partial charge in [-0.3, -0.25) is 0 Å². The average Bonchev–Trinajstić information content (AvgIpc) is 2.15. The molecule has 0 aromatic heterocycles. The van der Waals surface area contributed by atoms with E-state index in [0.717, 1.165) is 24.4 Å². The van der Waals surface area contributed by atoms with Crippen LogP contribution in [-0.4, -0.2) is 12.6 Å². The Balaban J connectivity index is 1.94. The highest BCUT2D eigenvalue weighted by Crippen LogP contribution is 2.39. The largest absolute Gasteiger partial charge is 0.310 e. The van der Waals surface area contributed by atoms with Crippen molar-refractivity contribution < 1.29 is 0 Å². The molecule has 0 aromatic carbocycles. The molecule has 62 valence electrons. The first-order valence-corrected chi connectivity index (χ1v) is 4.80. The molecule has 1 heteroatoms. The summed E-state index contributed by atoms with van der Waals surface area (Å²) in [5, 5.41) is 3.60. The van der Waals surface area contributed by atoms with E-state index in [1.54, 1.807) is 0 Å². The number of rotatable bonds is 1. The quantitative estimate of drug-likeness (QED) is 0.565. The average molecular weight is 151 g/mol. The highest BCUT2D eigenvalue weighted by Gasteiger charge is 2.38. The third-order valence-electron chi connectivity index (χ3n) is 3.22. The molecule has 0 saturated heterocycles. The summed E-state index contributed by atoms with van der Waals surface area (Å²) in [6, 6.07) is 0.843. The zero-order valence-electron chi connectivity index (χ0n) is 7.22. The Hall–Kier alpha value is -0.300. The third kappa shape index (κ3) is 1.22. The van der Waals surface area contributed by atoms with Gasteiger partial charge in [-0.15, -0.1) is 0 Å². The maximum Gasteiger partial charge on any atom is 0.0137 e. The van der Waals surface area contributed by atoms with Crippen LogP contribution in [0.2, 0.25) is 0 Å². The molecule has 11 heavy (non-hydrogen) atoms. The smallest absolute Gasteiger partial charge is 0.0137 e. The second kappa shape index (κ2) is 2.98. The van der Waals surface area contributed by atoms with E-state index >= 15 is 0 Å². The van der Waals surface area contributed by atoms with Crippen molar-refractivity contribution in [1.82, 2.24) is 5.32 Å². The fourth-order valence-electron chi connectivity index (χ4n) is 2.43. The van der Waals surface area contributed by atoms with Crippen LogP contribution in [0.25, 0.3) is 0 Å². The van der Waals surface area contributed by atoms with E-state index < -0.39 is 0 Å². The van der Waals surface area contributed by atoms with Crippen LogP contribution in [0.4, 0.5) is 0 Å². The van der Waals surface area contributed by atoms with Gasteiger partial charge >= 0.3 is 0 Å². The van der Waals surface area contributed by atoms with Gasteiger partial charge in [0.1, 0.15) is 0 Å². The molecule has 1 heterocycles. The Morgan fingerprint density at radius 3 is 3.18 bits per heavy atom. The first-order valence-electron chi connectivity index (χ1n) is 4.80. The first-order chi connectivity index (χ1) is 5.42. The van der Waals surface area contributed by atoms with E-state index in [1.807, 2.05) is 0 Å². The van der Waals surface area contributed by atoms with Crippen molar-refractivity contribution in [2.75, 3.05) is 6.54 Å². The summed E-state index contributed by atoms with van der Waals surface area (Å²) in [5.41, 5.74) is 0. The van der Waals surface area contributed by atoms with Crippen LogP contribution in [0.1, 0.15) is 26.2 Å². The Labute approximate surface area is 68.9 Å². The van der Waals surface area contributed by atoms with Gasteiger partial charge in [0, 0.05) is 12.6 Å². The van der Waals surface area contributed by atoms with Crippen LogP contribution in [0, 0.1) is 11.8 Å². The highest BCUT2D eigenvalue weighted by molar-refractivity contribution is 5.02. The van der Waals surface area contributed by atoms with Crippen LogP contribution >= 0.6 is 0 Å². The van der Waals surface area contributed by atoms with E-state index in [0.29, 0.717) is 0 Å². The molecule has 3 atom stereocenters. The van der Waals surface area contributed by atoms with Crippen molar-refractivity contribution in [3.05, 3.63) is 12.2 Å². The molecule has 1 nitrogen and oxygen atoms in total. The predicted octanol–water partition coefficient (Wildman–Crippen LogP) is 1.95. The van der Waals surface area contributed by atoms with E-state index in [9.17, 15) is 0 Å². The number of allylic oxidation sites excluding steroid dienone is 1. The molecule has 0 radical (unpaired) electrons. The van der Waals surface area contributed by atoms with Crippen molar-refractivity contribution in [3.8, 4) is 0 Å². The minimum Gasteiger partial charge on any atom is -0.310 e. The fraction of sp³-hybridized carbons (Fsp3) is 0.800. The highest BCUT2D eigenvalue weighted by atomic mass is 14.9. The Kier molecular flexibility index (Phi) is 1.99. The van der Waals surface area contributed by atoms with Gasteiger partial charge in [-0.05, 0) is 24.7 Å². The lowest BCUT2D eigenvalue weighted by molar-refractivity contribution is 0.114. The normalized spacial score (nSPS) is 42.5. The van der Waals surface area contributed by atoms with E-state index in [4.69, 9.17) is 0 Å². The van der Waals surface area contributed by atoms with Gasteiger partial charge in [0.2, 0.25) is 0 Å². The van der Waals surface area contributed by atoms with Crippen molar-refractivity contribution >= 4 is 0 Å². The lowest BCUT2D eigenvalue weighted by Gasteiger charge is -2.44. The summed E-state index contributed by atoms with van der Waals surface area (Å²) >= 11 is 0. The number of hydrogen-bond donors (Lipinski definition) is 1. The van der Waals surface area contributed by atoms with Gasteiger partial charge in [0.25, 0.3) is 0 Å². The summed E-state index contributed by atoms with van der Waals surface area (Å²) in [6.45, 7) is 3.40. The Bertz CT molecular complexity index is 162.